The van der Waals surface area contributed by atoms with E-state index in [-0.39, 0.29) is 24.8 Å². The molecule has 0 spiro atoms. The zero-order valence-corrected chi connectivity index (χ0v) is 16.7. The minimum absolute atomic E-state index is 0.170. The van der Waals surface area contributed by atoms with Gasteiger partial charge in [0, 0.05) is 34.8 Å². The van der Waals surface area contributed by atoms with Crippen LogP contribution in [-0.4, -0.2) is 32.6 Å². The zero-order chi connectivity index (χ0) is 19.6. The summed E-state index contributed by atoms with van der Waals surface area (Å²) in [6.07, 6.45) is 3.21. The number of amides is 2. The van der Waals surface area contributed by atoms with Gasteiger partial charge in [0.2, 0.25) is 11.8 Å². The molecule has 0 aliphatic rings. The van der Waals surface area contributed by atoms with E-state index in [0.29, 0.717) is 17.2 Å². The monoisotopic (exact) mass is 432 g/mol. The maximum absolute atomic E-state index is 11.9. The number of anilines is 1. The van der Waals surface area contributed by atoms with E-state index in [9.17, 15) is 9.59 Å². The van der Waals surface area contributed by atoms with Gasteiger partial charge in [0.25, 0.3) is 0 Å². The second-order valence-electron chi connectivity index (χ2n) is 5.54. The first-order valence-electron chi connectivity index (χ1n) is 8.25. The van der Waals surface area contributed by atoms with Gasteiger partial charge in [0.1, 0.15) is 11.5 Å². The Kier molecular flexibility index (Phi) is 7.88. The molecule has 2 amide bonds. The Morgan fingerprint density at radius 3 is 2.48 bits per heavy atom. The highest BCUT2D eigenvalue weighted by molar-refractivity contribution is 9.10. The Labute approximate surface area is 166 Å². The van der Waals surface area contributed by atoms with Crippen LogP contribution in [0.3, 0.4) is 0 Å². The fourth-order valence-electron chi connectivity index (χ4n) is 2.25. The van der Waals surface area contributed by atoms with Gasteiger partial charge in [-0.1, -0.05) is 15.9 Å². The summed E-state index contributed by atoms with van der Waals surface area (Å²) >= 11 is 3.34. The van der Waals surface area contributed by atoms with Crippen LogP contribution < -0.4 is 20.1 Å². The summed E-state index contributed by atoms with van der Waals surface area (Å²) in [5.41, 5.74) is 1.43. The maximum Gasteiger partial charge on any atom is 0.244 e. The summed E-state index contributed by atoms with van der Waals surface area (Å²) in [5, 5.41) is 5.45. The third kappa shape index (κ3) is 6.79. The first-order chi connectivity index (χ1) is 13.0. The smallest absolute Gasteiger partial charge is 0.244 e. The SMILES string of the molecule is COc1ccc(OC)c(C=CC(=O)NCCC(=O)Nc2ccc(Br)cc2)c1. The number of ether oxygens (including phenoxy) is 2. The molecule has 0 unspecified atom stereocenters. The van der Waals surface area contributed by atoms with Crippen LogP contribution in [0.5, 0.6) is 11.5 Å². The van der Waals surface area contributed by atoms with Crippen molar-refractivity contribution in [2.75, 3.05) is 26.1 Å². The largest absolute Gasteiger partial charge is 0.497 e. The summed E-state index contributed by atoms with van der Waals surface area (Å²) in [4.78, 5) is 23.8. The molecule has 0 aliphatic heterocycles. The zero-order valence-electron chi connectivity index (χ0n) is 15.1. The Morgan fingerprint density at radius 1 is 1.07 bits per heavy atom. The molecule has 142 valence electrons. The minimum Gasteiger partial charge on any atom is -0.497 e. The third-order valence-corrected chi connectivity index (χ3v) is 4.16. The lowest BCUT2D eigenvalue weighted by Crippen LogP contribution is -2.26. The van der Waals surface area contributed by atoms with Crippen molar-refractivity contribution in [1.29, 1.82) is 0 Å². The number of methoxy groups -OCH3 is 2. The van der Waals surface area contributed by atoms with Crippen LogP contribution in [0.25, 0.3) is 6.08 Å². The quantitative estimate of drug-likeness (QED) is 0.624. The second kappa shape index (κ2) is 10.4. The lowest BCUT2D eigenvalue weighted by molar-refractivity contribution is -0.117. The predicted molar refractivity (Wildman–Crippen MR) is 109 cm³/mol. The molecule has 2 aromatic rings. The highest BCUT2D eigenvalue weighted by atomic mass is 79.9. The molecule has 0 heterocycles. The molecule has 7 heteroatoms. The number of carbonyl (C=O) groups is 2. The Balaban J connectivity index is 1.81. The van der Waals surface area contributed by atoms with E-state index in [2.05, 4.69) is 26.6 Å². The minimum atomic E-state index is -0.295. The van der Waals surface area contributed by atoms with Gasteiger partial charge in [-0.15, -0.1) is 0 Å². The molecular weight excluding hydrogens is 412 g/mol. The van der Waals surface area contributed by atoms with Gasteiger partial charge < -0.3 is 20.1 Å². The molecule has 0 aromatic heterocycles. The van der Waals surface area contributed by atoms with Gasteiger partial charge in [0.15, 0.2) is 0 Å². The first-order valence-corrected chi connectivity index (χ1v) is 9.04. The summed E-state index contributed by atoms with van der Waals surface area (Å²) in [5.74, 6) is 0.835. The molecule has 6 nitrogen and oxygen atoms in total. The van der Waals surface area contributed by atoms with Crippen LogP contribution in [0.2, 0.25) is 0 Å². The van der Waals surface area contributed by atoms with Gasteiger partial charge in [-0.25, -0.2) is 0 Å². The molecule has 0 fully saturated rings. The van der Waals surface area contributed by atoms with Crippen LogP contribution in [0.1, 0.15) is 12.0 Å². The van der Waals surface area contributed by atoms with Crippen LogP contribution in [0.15, 0.2) is 53.0 Å². The van der Waals surface area contributed by atoms with Gasteiger partial charge in [0.05, 0.1) is 14.2 Å². The molecule has 2 aromatic carbocycles. The van der Waals surface area contributed by atoms with Crippen molar-refractivity contribution in [3.8, 4) is 11.5 Å². The number of nitrogens with one attached hydrogen (secondary N) is 2. The van der Waals surface area contributed by atoms with E-state index < -0.39 is 0 Å². The summed E-state index contributed by atoms with van der Waals surface area (Å²) in [6.45, 7) is 0.237. The van der Waals surface area contributed by atoms with E-state index in [1.54, 1.807) is 50.6 Å². The Morgan fingerprint density at radius 2 is 1.81 bits per heavy atom. The fourth-order valence-corrected chi connectivity index (χ4v) is 2.51. The summed E-state index contributed by atoms with van der Waals surface area (Å²) in [6, 6.07) is 12.6. The molecular formula is C20H21BrN2O4. The molecule has 0 saturated carbocycles. The van der Waals surface area contributed by atoms with Crippen molar-refractivity contribution in [3.63, 3.8) is 0 Å². The molecule has 0 atom stereocenters. The van der Waals surface area contributed by atoms with E-state index in [0.717, 1.165) is 10.0 Å². The van der Waals surface area contributed by atoms with Gasteiger partial charge in [-0.3, -0.25) is 9.59 Å². The number of benzene rings is 2. The third-order valence-electron chi connectivity index (χ3n) is 3.63. The van der Waals surface area contributed by atoms with Crippen molar-refractivity contribution in [2.24, 2.45) is 0 Å². The van der Waals surface area contributed by atoms with Gasteiger partial charge >= 0.3 is 0 Å². The topological polar surface area (TPSA) is 76.7 Å². The van der Waals surface area contributed by atoms with Crippen molar-refractivity contribution < 1.29 is 19.1 Å². The number of rotatable bonds is 8. The van der Waals surface area contributed by atoms with Gasteiger partial charge in [-0.2, -0.15) is 0 Å². The normalized spacial score (nSPS) is 10.5. The average Bonchev–Trinajstić information content (AvgIpc) is 2.67. The summed E-state index contributed by atoms with van der Waals surface area (Å²) in [7, 11) is 3.13. The van der Waals surface area contributed by atoms with E-state index in [4.69, 9.17) is 9.47 Å². The molecule has 0 saturated heterocycles. The highest BCUT2D eigenvalue weighted by Crippen LogP contribution is 2.25. The first kappa shape index (κ1) is 20.5. The van der Waals surface area contributed by atoms with Crippen LogP contribution in [-0.2, 0) is 9.59 Å². The lowest BCUT2D eigenvalue weighted by atomic mass is 10.1. The maximum atomic E-state index is 11.9. The number of hydrogen-bond acceptors (Lipinski definition) is 4. The number of halogens is 1. The second-order valence-corrected chi connectivity index (χ2v) is 6.45. The summed E-state index contributed by atoms with van der Waals surface area (Å²) < 4.78 is 11.4. The van der Waals surface area contributed by atoms with Crippen LogP contribution in [0.4, 0.5) is 5.69 Å². The standard InChI is InChI=1S/C20H21BrN2O4/c1-26-17-8-9-18(27-2)14(13-17)3-10-19(24)22-12-11-20(25)23-16-6-4-15(21)5-7-16/h3-10,13H,11-12H2,1-2H3,(H,22,24)(H,23,25). The van der Waals surface area contributed by atoms with Crippen LogP contribution in [0, 0.1) is 0 Å². The van der Waals surface area contributed by atoms with Crippen LogP contribution >= 0.6 is 15.9 Å². The molecule has 2 rings (SSSR count). The van der Waals surface area contributed by atoms with Crippen molar-refractivity contribution in [2.45, 2.75) is 6.42 Å². The van der Waals surface area contributed by atoms with Crippen molar-refractivity contribution >= 4 is 39.5 Å². The van der Waals surface area contributed by atoms with E-state index in [1.165, 1.54) is 6.08 Å². The molecule has 0 bridgehead atoms. The fraction of sp³-hybridized carbons (Fsp3) is 0.200. The number of carbonyl (C=O) groups excluding carboxylic acids is 2. The van der Waals surface area contributed by atoms with Gasteiger partial charge in [-0.05, 0) is 48.5 Å². The molecule has 0 radical (unpaired) electrons. The van der Waals surface area contributed by atoms with E-state index >= 15 is 0 Å². The van der Waals surface area contributed by atoms with E-state index in [1.807, 2.05) is 12.1 Å². The Hall–Kier alpha value is -2.80. The lowest BCUT2D eigenvalue weighted by Gasteiger charge is -2.07. The molecule has 2 N–H and O–H groups in total. The van der Waals surface area contributed by atoms with Crippen molar-refractivity contribution in [1.82, 2.24) is 5.32 Å². The average molecular weight is 433 g/mol. The Bertz CT molecular complexity index is 819. The predicted octanol–water partition coefficient (Wildman–Crippen LogP) is 3.62. The number of hydrogen-bond donors (Lipinski definition) is 2. The van der Waals surface area contributed by atoms with Crippen molar-refractivity contribution in [3.05, 3.63) is 58.6 Å². The highest BCUT2D eigenvalue weighted by Gasteiger charge is 2.05. The molecule has 0 aliphatic carbocycles. The molecule has 27 heavy (non-hydrogen) atoms.